The van der Waals surface area contributed by atoms with Crippen LogP contribution in [0.2, 0.25) is 0 Å². The summed E-state index contributed by atoms with van der Waals surface area (Å²) < 4.78 is 4.09. The molecule has 0 spiro atoms. The number of aryl methyl sites for hydroxylation is 1. The van der Waals surface area contributed by atoms with Gasteiger partial charge in [-0.25, -0.2) is 0 Å². The predicted molar refractivity (Wildman–Crippen MR) is 75.6 cm³/mol. The molecule has 94 valence electrons. The molecule has 4 nitrogen and oxygen atoms in total. The Labute approximate surface area is 110 Å². The van der Waals surface area contributed by atoms with Crippen LogP contribution in [0.25, 0.3) is 0 Å². The Hall–Kier alpha value is -1.88. The Balaban J connectivity index is 2.14. The lowest BCUT2D eigenvalue weighted by atomic mass is 10.2. The molecule has 0 fully saturated rings. The lowest BCUT2D eigenvalue weighted by molar-refractivity contribution is 0.102. The topological polar surface area (TPSA) is 45.2 Å². The third kappa shape index (κ3) is 2.87. The van der Waals surface area contributed by atoms with Crippen LogP contribution in [0.15, 0.2) is 30.3 Å². The van der Waals surface area contributed by atoms with E-state index in [2.05, 4.69) is 9.69 Å². The minimum atomic E-state index is -0.171. The van der Waals surface area contributed by atoms with Gasteiger partial charge in [0.05, 0.1) is 0 Å². The minimum absolute atomic E-state index is 0.171. The second-order valence-corrected chi connectivity index (χ2v) is 5.23. The van der Waals surface area contributed by atoms with Gasteiger partial charge in [0.1, 0.15) is 5.69 Å². The fourth-order valence-corrected chi connectivity index (χ4v) is 2.07. The second-order valence-electron chi connectivity index (χ2n) is 4.22. The molecule has 0 aliphatic carbocycles. The first-order chi connectivity index (χ1) is 8.56. The maximum atomic E-state index is 11.9. The fraction of sp³-hybridized carbons (Fsp3) is 0.231. The molecule has 0 aliphatic rings. The first kappa shape index (κ1) is 12.6. The number of benzene rings is 1. The van der Waals surface area contributed by atoms with Crippen LogP contribution >= 0.6 is 11.5 Å². The molecule has 0 unspecified atom stereocenters. The van der Waals surface area contributed by atoms with Gasteiger partial charge in [0.15, 0.2) is 0 Å². The van der Waals surface area contributed by atoms with E-state index in [9.17, 15) is 4.79 Å². The maximum Gasteiger partial charge on any atom is 0.275 e. The molecule has 1 aromatic carbocycles. The minimum Gasteiger partial charge on any atom is -0.378 e. The van der Waals surface area contributed by atoms with Crippen molar-refractivity contribution in [2.45, 2.75) is 6.92 Å². The van der Waals surface area contributed by atoms with E-state index in [1.807, 2.05) is 50.2 Å². The average Bonchev–Trinajstić information content (AvgIpc) is 2.76. The summed E-state index contributed by atoms with van der Waals surface area (Å²) in [7, 11) is 3.93. The van der Waals surface area contributed by atoms with E-state index in [1.165, 1.54) is 11.5 Å². The zero-order chi connectivity index (χ0) is 13.1. The quantitative estimate of drug-likeness (QED) is 0.924. The van der Waals surface area contributed by atoms with Crippen LogP contribution in [0.1, 0.15) is 15.4 Å². The van der Waals surface area contributed by atoms with Gasteiger partial charge in [-0.05, 0) is 42.7 Å². The number of hydrogen-bond donors (Lipinski definition) is 1. The SMILES string of the molecule is Cc1cc(C(=O)Nc2cccc(N(C)C)c2)ns1. The van der Waals surface area contributed by atoms with Gasteiger partial charge in [0, 0.05) is 30.3 Å². The number of carbonyl (C=O) groups excluding carboxylic acids is 1. The van der Waals surface area contributed by atoms with Gasteiger partial charge in [-0.15, -0.1) is 0 Å². The molecule has 1 aromatic heterocycles. The lowest BCUT2D eigenvalue weighted by Crippen LogP contribution is -2.13. The summed E-state index contributed by atoms with van der Waals surface area (Å²) in [5, 5.41) is 2.85. The number of hydrogen-bond acceptors (Lipinski definition) is 4. The van der Waals surface area contributed by atoms with E-state index in [1.54, 1.807) is 6.07 Å². The highest BCUT2D eigenvalue weighted by Gasteiger charge is 2.09. The smallest absolute Gasteiger partial charge is 0.275 e. The molecule has 0 aliphatic heterocycles. The molecule has 2 aromatic rings. The van der Waals surface area contributed by atoms with Crippen LogP contribution in [0, 0.1) is 6.92 Å². The summed E-state index contributed by atoms with van der Waals surface area (Å²) in [6.07, 6.45) is 0. The summed E-state index contributed by atoms with van der Waals surface area (Å²) in [5.74, 6) is -0.171. The first-order valence-electron chi connectivity index (χ1n) is 5.58. The average molecular weight is 261 g/mol. The Kier molecular flexibility index (Phi) is 3.62. The van der Waals surface area contributed by atoms with Crippen LogP contribution in [-0.4, -0.2) is 24.4 Å². The van der Waals surface area contributed by atoms with Gasteiger partial charge in [0.2, 0.25) is 0 Å². The Bertz CT molecular complexity index is 563. The van der Waals surface area contributed by atoms with Crippen molar-refractivity contribution in [3.8, 4) is 0 Å². The summed E-state index contributed by atoms with van der Waals surface area (Å²) in [4.78, 5) is 14.9. The zero-order valence-electron chi connectivity index (χ0n) is 10.6. The van der Waals surface area contributed by atoms with Crippen molar-refractivity contribution < 1.29 is 4.79 Å². The molecule has 0 radical (unpaired) electrons. The van der Waals surface area contributed by atoms with E-state index in [0.29, 0.717) is 5.69 Å². The van der Waals surface area contributed by atoms with Crippen LogP contribution in [-0.2, 0) is 0 Å². The van der Waals surface area contributed by atoms with Crippen molar-refractivity contribution in [2.75, 3.05) is 24.3 Å². The highest BCUT2D eigenvalue weighted by Crippen LogP contribution is 2.18. The van der Waals surface area contributed by atoms with Crippen molar-refractivity contribution in [1.82, 2.24) is 4.37 Å². The number of amides is 1. The molecule has 0 bridgehead atoms. The molecular weight excluding hydrogens is 246 g/mol. The van der Waals surface area contributed by atoms with Gasteiger partial charge in [0.25, 0.3) is 5.91 Å². The Morgan fingerprint density at radius 1 is 1.33 bits per heavy atom. The maximum absolute atomic E-state index is 11.9. The van der Waals surface area contributed by atoms with Gasteiger partial charge in [-0.1, -0.05) is 6.07 Å². The highest BCUT2D eigenvalue weighted by atomic mass is 32.1. The molecule has 1 heterocycles. The molecule has 2 rings (SSSR count). The molecule has 0 atom stereocenters. The van der Waals surface area contributed by atoms with E-state index >= 15 is 0 Å². The summed E-state index contributed by atoms with van der Waals surface area (Å²) in [6, 6.07) is 9.48. The molecule has 0 saturated carbocycles. The number of nitrogens with zero attached hydrogens (tertiary/aromatic N) is 2. The normalized spacial score (nSPS) is 10.2. The molecular formula is C13H15N3OS. The lowest BCUT2D eigenvalue weighted by Gasteiger charge is -2.13. The van der Waals surface area contributed by atoms with Crippen LogP contribution in [0.3, 0.4) is 0 Å². The molecule has 0 saturated heterocycles. The largest absolute Gasteiger partial charge is 0.378 e. The standard InChI is InChI=1S/C13H15N3OS/c1-9-7-12(15-18-9)13(17)14-10-5-4-6-11(8-10)16(2)3/h4-8H,1-3H3,(H,14,17). The van der Waals surface area contributed by atoms with Crippen molar-refractivity contribution in [3.63, 3.8) is 0 Å². The summed E-state index contributed by atoms with van der Waals surface area (Å²) in [6.45, 7) is 1.93. The van der Waals surface area contributed by atoms with Gasteiger partial charge < -0.3 is 10.2 Å². The van der Waals surface area contributed by atoms with E-state index < -0.39 is 0 Å². The van der Waals surface area contributed by atoms with Crippen LogP contribution in [0.4, 0.5) is 11.4 Å². The number of nitrogens with one attached hydrogen (secondary N) is 1. The Morgan fingerprint density at radius 3 is 2.72 bits per heavy atom. The fourth-order valence-electron chi connectivity index (χ4n) is 1.53. The third-order valence-corrected chi connectivity index (χ3v) is 3.17. The molecule has 18 heavy (non-hydrogen) atoms. The van der Waals surface area contributed by atoms with Crippen molar-refractivity contribution in [2.24, 2.45) is 0 Å². The summed E-state index contributed by atoms with van der Waals surface area (Å²) in [5.41, 5.74) is 2.28. The van der Waals surface area contributed by atoms with Crippen LogP contribution in [0.5, 0.6) is 0 Å². The number of anilines is 2. The van der Waals surface area contributed by atoms with Gasteiger partial charge >= 0.3 is 0 Å². The number of carbonyl (C=O) groups is 1. The molecule has 1 N–H and O–H groups in total. The Morgan fingerprint density at radius 2 is 2.11 bits per heavy atom. The second kappa shape index (κ2) is 5.18. The highest BCUT2D eigenvalue weighted by molar-refractivity contribution is 7.05. The summed E-state index contributed by atoms with van der Waals surface area (Å²) >= 11 is 1.33. The van der Waals surface area contributed by atoms with Crippen molar-refractivity contribution in [3.05, 3.63) is 40.9 Å². The molecule has 1 amide bonds. The predicted octanol–water partition coefficient (Wildman–Crippen LogP) is 2.77. The number of rotatable bonds is 3. The van der Waals surface area contributed by atoms with Gasteiger partial charge in [-0.2, -0.15) is 4.37 Å². The van der Waals surface area contributed by atoms with Crippen molar-refractivity contribution in [1.29, 1.82) is 0 Å². The zero-order valence-corrected chi connectivity index (χ0v) is 11.4. The molecule has 5 heteroatoms. The van der Waals surface area contributed by atoms with Crippen LogP contribution < -0.4 is 10.2 Å². The van der Waals surface area contributed by atoms with Crippen molar-refractivity contribution >= 4 is 28.8 Å². The first-order valence-corrected chi connectivity index (χ1v) is 6.35. The monoisotopic (exact) mass is 261 g/mol. The third-order valence-electron chi connectivity index (χ3n) is 2.48. The van der Waals surface area contributed by atoms with E-state index in [4.69, 9.17) is 0 Å². The van der Waals surface area contributed by atoms with E-state index in [0.717, 1.165) is 16.3 Å². The van der Waals surface area contributed by atoms with E-state index in [-0.39, 0.29) is 5.91 Å². The van der Waals surface area contributed by atoms with Gasteiger partial charge in [-0.3, -0.25) is 4.79 Å². The number of aromatic nitrogens is 1.